The van der Waals surface area contributed by atoms with Gasteiger partial charge in [-0.3, -0.25) is 0 Å². The van der Waals surface area contributed by atoms with E-state index in [4.69, 9.17) is 9.26 Å². The van der Waals surface area contributed by atoms with Crippen molar-refractivity contribution in [2.75, 3.05) is 19.7 Å². The molecule has 1 aromatic heterocycles. The van der Waals surface area contributed by atoms with Crippen molar-refractivity contribution in [3.63, 3.8) is 0 Å². The van der Waals surface area contributed by atoms with E-state index in [1.165, 1.54) is 0 Å². The number of urea groups is 1. The summed E-state index contributed by atoms with van der Waals surface area (Å²) in [4.78, 5) is 18.7. The molecule has 2 amide bonds. The third-order valence-electron chi connectivity index (χ3n) is 4.53. The highest BCUT2D eigenvalue weighted by Gasteiger charge is 2.28. The summed E-state index contributed by atoms with van der Waals surface area (Å²) in [6.45, 7) is 8.53. The van der Waals surface area contributed by atoms with E-state index >= 15 is 0 Å². The first kappa shape index (κ1) is 19.2. The van der Waals surface area contributed by atoms with Gasteiger partial charge in [0.2, 0.25) is 5.89 Å². The molecule has 1 saturated heterocycles. The van der Waals surface area contributed by atoms with Crippen LogP contribution >= 0.6 is 0 Å². The van der Waals surface area contributed by atoms with Crippen LogP contribution in [0.15, 0.2) is 28.8 Å². The average molecular weight is 372 g/mol. The molecule has 0 spiro atoms. The minimum Gasteiger partial charge on any atom is -0.493 e. The second-order valence-electron chi connectivity index (χ2n) is 7.48. The highest BCUT2D eigenvalue weighted by atomic mass is 16.5. The maximum Gasteiger partial charge on any atom is 0.317 e. The molecule has 7 heteroatoms. The maximum absolute atomic E-state index is 12.6. The Morgan fingerprint density at radius 3 is 3.04 bits per heavy atom. The van der Waals surface area contributed by atoms with Crippen molar-refractivity contribution >= 4 is 6.03 Å². The average Bonchev–Trinajstić information content (AvgIpc) is 3.11. The molecule has 1 aliphatic rings. The predicted octanol–water partition coefficient (Wildman–Crippen LogP) is 3.50. The highest BCUT2D eigenvalue weighted by molar-refractivity contribution is 5.74. The summed E-state index contributed by atoms with van der Waals surface area (Å²) >= 11 is 0. The third-order valence-corrected chi connectivity index (χ3v) is 4.53. The van der Waals surface area contributed by atoms with Crippen LogP contribution in [0.1, 0.15) is 49.9 Å². The summed E-state index contributed by atoms with van der Waals surface area (Å²) < 4.78 is 11.0. The lowest BCUT2D eigenvalue weighted by molar-refractivity contribution is 0.171. The van der Waals surface area contributed by atoms with E-state index in [1.807, 2.05) is 29.2 Å². The SMILES string of the molecule is Cc1noc([C@H]2CCCN(C(=O)NCc3cccc(OCC(C)C)c3)C2)n1. The van der Waals surface area contributed by atoms with Gasteiger partial charge in [-0.2, -0.15) is 4.98 Å². The Kier molecular flexibility index (Phi) is 6.32. The molecule has 0 unspecified atom stereocenters. The Balaban J connectivity index is 1.52. The number of rotatable bonds is 6. The number of likely N-dealkylation sites (tertiary alicyclic amines) is 1. The number of carbonyl (C=O) groups is 1. The van der Waals surface area contributed by atoms with Gasteiger partial charge in [-0.1, -0.05) is 31.1 Å². The quantitative estimate of drug-likeness (QED) is 0.839. The van der Waals surface area contributed by atoms with E-state index in [0.29, 0.717) is 37.3 Å². The van der Waals surface area contributed by atoms with Gasteiger partial charge in [-0.15, -0.1) is 0 Å². The maximum atomic E-state index is 12.6. The number of hydrogen-bond donors (Lipinski definition) is 1. The number of amides is 2. The molecule has 0 saturated carbocycles. The zero-order valence-electron chi connectivity index (χ0n) is 16.3. The molecule has 7 nitrogen and oxygen atoms in total. The number of nitrogens with one attached hydrogen (secondary N) is 1. The van der Waals surface area contributed by atoms with Gasteiger partial charge in [0.05, 0.1) is 12.5 Å². The van der Waals surface area contributed by atoms with Gasteiger partial charge in [0, 0.05) is 19.6 Å². The molecular weight excluding hydrogens is 344 g/mol. The standard InChI is InChI=1S/C20H28N4O3/c1-14(2)13-26-18-8-4-6-16(10-18)11-21-20(25)24-9-5-7-17(12-24)19-22-15(3)23-27-19/h4,6,8,10,14,17H,5,7,9,11-13H2,1-3H3,(H,21,25)/t17-/m0/s1. The summed E-state index contributed by atoms with van der Waals surface area (Å²) in [5, 5.41) is 6.86. The monoisotopic (exact) mass is 372 g/mol. The van der Waals surface area contributed by atoms with Crippen LogP contribution < -0.4 is 10.1 Å². The Bertz CT molecular complexity index is 759. The fourth-order valence-corrected chi connectivity index (χ4v) is 3.14. The number of nitrogens with zero attached hydrogens (tertiary/aromatic N) is 3. The topological polar surface area (TPSA) is 80.5 Å². The molecule has 0 bridgehead atoms. The molecule has 2 heterocycles. The minimum atomic E-state index is -0.0653. The van der Waals surface area contributed by atoms with Crippen LogP contribution in [0.4, 0.5) is 4.79 Å². The van der Waals surface area contributed by atoms with E-state index < -0.39 is 0 Å². The van der Waals surface area contributed by atoms with Crippen molar-refractivity contribution in [2.45, 2.75) is 46.1 Å². The fraction of sp³-hybridized carbons (Fsp3) is 0.550. The highest BCUT2D eigenvalue weighted by Crippen LogP contribution is 2.25. The molecule has 0 aliphatic carbocycles. The first-order valence-corrected chi connectivity index (χ1v) is 9.56. The Labute approximate surface area is 160 Å². The largest absolute Gasteiger partial charge is 0.493 e. The molecular formula is C20H28N4O3. The lowest BCUT2D eigenvalue weighted by Gasteiger charge is -2.31. The number of ether oxygens (including phenoxy) is 1. The van der Waals surface area contributed by atoms with Gasteiger partial charge in [0.25, 0.3) is 0 Å². The van der Waals surface area contributed by atoms with Crippen LogP contribution in [-0.2, 0) is 6.54 Å². The Morgan fingerprint density at radius 2 is 2.30 bits per heavy atom. The minimum absolute atomic E-state index is 0.0653. The molecule has 3 rings (SSSR count). The molecule has 0 radical (unpaired) electrons. The van der Waals surface area contributed by atoms with E-state index in [1.54, 1.807) is 6.92 Å². The van der Waals surface area contributed by atoms with Crippen LogP contribution in [0.25, 0.3) is 0 Å². The molecule has 1 aromatic carbocycles. The number of hydrogen-bond acceptors (Lipinski definition) is 5. The van der Waals surface area contributed by atoms with Crippen molar-refractivity contribution in [1.29, 1.82) is 0 Å². The fourth-order valence-electron chi connectivity index (χ4n) is 3.14. The summed E-state index contributed by atoms with van der Waals surface area (Å²) in [5.41, 5.74) is 1.02. The number of benzene rings is 1. The van der Waals surface area contributed by atoms with Crippen molar-refractivity contribution in [2.24, 2.45) is 5.92 Å². The summed E-state index contributed by atoms with van der Waals surface area (Å²) in [7, 11) is 0. The van der Waals surface area contributed by atoms with Gasteiger partial charge in [0.1, 0.15) is 5.75 Å². The number of piperidine rings is 1. The van der Waals surface area contributed by atoms with Crippen LogP contribution in [0.3, 0.4) is 0 Å². The molecule has 146 valence electrons. The van der Waals surface area contributed by atoms with E-state index in [-0.39, 0.29) is 11.9 Å². The first-order valence-electron chi connectivity index (χ1n) is 9.56. The van der Waals surface area contributed by atoms with Gasteiger partial charge >= 0.3 is 6.03 Å². The Hall–Kier alpha value is -2.57. The molecule has 1 atom stereocenters. The molecule has 1 fully saturated rings. The summed E-state index contributed by atoms with van der Waals surface area (Å²) in [6.07, 6.45) is 1.89. The number of carbonyl (C=O) groups excluding carboxylic acids is 1. The smallest absolute Gasteiger partial charge is 0.317 e. The zero-order chi connectivity index (χ0) is 19.2. The normalized spacial score (nSPS) is 17.2. The van der Waals surface area contributed by atoms with Crippen molar-refractivity contribution in [1.82, 2.24) is 20.4 Å². The molecule has 1 aliphatic heterocycles. The predicted molar refractivity (Wildman–Crippen MR) is 102 cm³/mol. The van der Waals surface area contributed by atoms with Crippen LogP contribution in [0, 0.1) is 12.8 Å². The van der Waals surface area contributed by atoms with Gasteiger partial charge in [-0.25, -0.2) is 4.79 Å². The van der Waals surface area contributed by atoms with Crippen molar-refractivity contribution in [3.05, 3.63) is 41.5 Å². The van der Waals surface area contributed by atoms with Gasteiger partial charge in [-0.05, 0) is 43.4 Å². The zero-order valence-corrected chi connectivity index (χ0v) is 16.3. The third kappa shape index (κ3) is 5.45. The lowest BCUT2D eigenvalue weighted by Crippen LogP contribution is -2.44. The van der Waals surface area contributed by atoms with Gasteiger partial charge in [0.15, 0.2) is 5.82 Å². The molecule has 27 heavy (non-hydrogen) atoms. The molecule has 1 N–H and O–H groups in total. The van der Waals surface area contributed by atoms with E-state index in [9.17, 15) is 4.79 Å². The van der Waals surface area contributed by atoms with Crippen molar-refractivity contribution < 1.29 is 14.1 Å². The second-order valence-corrected chi connectivity index (χ2v) is 7.48. The van der Waals surface area contributed by atoms with Crippen molar-refractivity contribution in [3.8, 4) is 5.75 Å². The van der Waals surface area contributed by atoms with E-state index in [0.717, 1.165) is 30.7 Å². The number of aryl methyl sites for hydroxylation is 1. The first-order chi connectivity index (χ1) is 13.0. The van der Waals surface area contributed by atoms with Crippen LogP contribution in [-0.4, -0.2) is 40.8 Å². The van der Waals surface area contributed by atoms with Gasteiger partial charge < -0.3 is 19.5 Å². The lowest BCUT2D eigenvalue weighted by atomic mass is 9.98. The van der Waals surface area contributed by atoms with Crippen LogP contribution in [0.2, 0.25) is 0 Å². The summed E-state index contributed by atoms with van der Waals surface area (Å²) in [6, 6.07) is 7.79. The molecule has 2 aromatic rings. The summed E-state index contributed by atoms with van der Waals surface area (Å²) in [5.74, 6) is 2.67. The number of aromatic nitrogens is 2. The second kappa shape index (κ2) is 8.88. The van der Waals surface area contributed by atoms with E-state index in [2.05, 4.69) is 29.3 Å². The van der Waals surface area contributed by atoms with Crippen LogP contribution in [0.5, 0.6) is 5.75 Å². The Morgan fingerprint density at radius 1 is 1.44 bits per heavy atom.